The maximum absolute atomic E-state index is 12.1. The zero-order chi connectivity index (χ0) is 18.4. The number of benzene rings is 2. The molecule has 0 aliphatic carbocycles. The van der Waals surface area contributed by atoms with Crippen LogP contribution in [0.25, 0.3) is 0 Å². The Hall–Kier alpha value is -2.87. The van der Waals surface area contributed by atoms with E-state index in [0.717, 1.165) is 10.5 Å². The van der Waals surface area contributed by atoms with E-state index in [2.05, 4.69) is 5.32 Å². The van der Waals surface area contributed by atoms with Crippen LogP contribution in [-0.4, -0.2) is 23.8 Å². The summed E-state index contributed by atoms with van der Waals surface area (Å²) in [4.78, 5) is 34.9. The first-order valence-electron chi connectivity index (χ1n) is 7.32. The molecule has 2 rings (SSSR count). The number of nitrogens with one attached hydrogen (secondary N) is 1. The normalized spacial score (nSPS) is 10.2. The summed E-state index contributed by atoms with van der Waals surface area (Å²) < 4.78 is 5.03. The molecule has 0 atom stereocenters. The van der Waals surface area contributed by atoms with E-state index < -0.39 is 10.8 Å². The summed E-state index contributed by atoms with van der Waals surface area (Å²) >= 11 is 1.28. The molecule has 0 spiro atoms. The Morgan fingerprint density at radius 1 is 1.20 bits per heavy atom. The molecule has 2 aromatic carbocycles. The quantitative estimate of drug-likeness (QED) is 0.483. The predicted molar refractivity (Wildman–Crippen MR) is 92.5 cm³/mol. The van der Waals surface area contributed by atoms with E-state index in [1.807, 2.05) is 24.3 Å². The van der Waals surface area contributed by atoms with Crippen LogP contribution < -0.4 is 5.32 Å². The van der Waals surface area contributed by atoms with Crippen molar-refractivity contribution in [3.05, 3.63) is 63.7 Å². The second-order valence-corrected chi connectivity index (χ2v) is 6.09. The van der Waals surface area contributed by atoms with E-state index in [4.69, 9.17) is 4.74 Å². The maximum atomic E-state index is 12.1. The van der Waals surface area contributed by atoms with E-state index in [0.29, 0.717) is 4.90 Å². The molecule has 0 saturated carbocycles. The molecule has 1 N–H and O–H groups in total. The second-order valence-electron chi connectivity index (χ2n) is 5.01. The van der Waals surface area contributed by atoms with Crippen LogP contribution in [0, 0.1) is 10.1 Å². The van der Waals surface area contributed by atoms with Crippen LogP contribution in [0.3, 0.4) is 0 Å². The topological polar surface area (TPSA) is 98.5 Å². The third kappa shape index (κ3) is 4.80. The number of non-ortho nitro benzene ring substituents is 1. The molecule has 0 unspecified atom stereocenters. The highest BCUT2D eigenvalue weighted by atomic mass is 32.2. The van der Waals surface area contributed by atoms with Crippen molar-refractivity contribution in [3.63, 3.8) is 0 Å². The van der Waals surface area contributed by atoms with Crippen molar-refractivity contribution in [1.29, 1.82) is 0 Å². The Morgan fingerprint density at radius 2 is 1.92 bits per heavy atom. The first kappa shape index (κ1) is 18.5. The van der Waals surface area contributed by atoms with E-state index in [1.165, 1.54) is 43.9 Å². The molecule has 130 valence electrons. The van der Waals surface area contributed by atoms with Crippen molar-refractivity contribution in [1.82, 2.24) is 5.32 Å². The average Bonchev–Trinajstić information content (AvgIpc) is 2.60. The standard InChI is InChI=1S/C17H16N2O5S/c1-11(20)24-10-12-5-3-4-6-15(12)25-16-8-7-13(19(22)23)9-14(16)17(21)18-2/h3-9H,10H2,1-2H3,(H,18,21). The van der Waals surface area contributed by atoms with Gasteiger partial charge in [-0.25, -0.2) is 0 Å². The number of hydrogen-bond donors (Lipinski definition) is 1. The van der Waals surface area contributed by atoms with E-state index in [1.54, 1.807) is 0 Å². The van der Waals surface area contributed by atoms with E-state index in [9.17, 15) is 19.7 Å². The summed E-state index contributed by atoms with van der Waals surface area (Å²) in [6, 6.07) is 11.4. The summed E-state index contributed by atoms with van der Waals surface area (Å²) in [6.45, 7) is 1.44. The van der Waals surface area contributed by atoms with Crippen LogP contribution in [0.5, 0.6) is 0 Å². The highest BCUT2D eigenvalue weighted by Crippen LogP contribution is 2.34. The van der Waals surface area contributed by atoms with Gasteiger partial charge < -0.3 is 10.1 Å². The molecule has 0 radical (unpaired) electrons. The van der Waals surface area contributed by atoms with Gasteiger partial charge in [-0.3, -0.25) is 19.7 Å². The third-order valence-electron chi connectivity index (χ3n) is 3.27. The molecule has 0 aliphatic rings. The summed E-state index contributed by atoms with van der Waals surface area (Å²) in [5, 5.41) is 13.4. The molecule has 0 bridgehead atoms. The Morgan fingerprint density at radius 3 is 2.56 bits per heavy atom. The summed E-state index contributed by atoms with van der Waals surface area (Å²) in [5.74, 6) is -0.801. The van der Waals surface area contributed by atoms with E-state index in [-0.39, 0.29) is 23.8 Å². The lowest BCUT2D eigenvalue weighted by molar-refractivity contribution is -0.384. The number of ether oxygens (including phenoxy) is 1. The predicted octanol–water partition coefficient (Wildman–Crippen LogP) is 3.17. The molecule has 1 amide bonds. The number of nitro groups is 1. The van der Waals surface area contributed by atoms with Gasteiger partial charge in [-0.2, -0.15) is 0 Å². The number of esters is 1. The molecule has 0 heterocycles. The average molecular weight is 360 g/mol. The lowest BCUT2D eigenvalue weighted by atomic mass is 10.2. The summed E-state index contributed by atoms with van der Waals surface area (Å²) in [7, 11) is 1.46. The lowest BCUT2D eigenvalue weighted by Crippen LogP contribution is -2.18. The number of carbonyl (C=O) groups is 2. The molecule has 2 aromatic rings. The Labute approximate surface area is 148 Å². The van der Waals surface area contributed by atoms with Crippen LogP contribution >= 0.6 is 11.8 Å². The third-order valence-corrected chi connectivity index (χ3v) is 4.46. The monoisotopic (exact) mass is 360 g/mol. The number of nitrogens with zero attached hydrogens (tertiary/aromatic N) is 1. The molecular weight excluding hydrogens is 344 g/mol. The Balaban J connectivity index is 2.38. The van der Waals surface area contributed by atoms with Gasteiger partial charge in [-0.05, 0) is 12.1 Å². The van der Waals surface area contributed by atoms with Crippen molar-refractivity contribution in [2.24, 2.45) is 0 Å². The first-order chi connectivity index (χ1) is 11.9. The number of nitro benzene ring substituents is 1. The van der Waals surface area contributed by atoms with Crippen molar-refractivity contribution >= 4 is 29.3 Å². The highest BCUT2D eigenvalue weighted by Gasteiger charge is 2.17. The number of hydrogen-bond acceptors (Lipinski definition) is 6. The number of rotatable bonds is 6. The fraction of sp³-hybridized carbons (Fsp3) is 0.176. The van der Waals surface area contributed by atoms with Gasteiger partial charge >= 0.3 is 5.97 Å². The molecule has 0 fully saturated rings. The van der Waals surface area contributed by atoms with E-state index >= 15 is 0 Å². The summed E-state index contributed by atoms with van der Waals surface area (Å²) in [6.07, 6.45) is 0. The molecule has 7 nitrogen and oxygen atoms in total. The van der Waals surface area contributed by atoms with Crippen LogP contribution in [0.15, 0.2) is 52.3 Å². The second kappa shape index (κ2) is 8.29. The lowest BCUT2D eigenvalue weighted by Gasteiger charge is -2.12. The van der Waals surface area contributed by atoms with Gasteiger partial charge in [-0.15, -0.1) is 0 Å². The maximum Gasteiger partial charge on any atom is 0.302 e. The van der Waals surface area contributed by atoms with Crippen LogP contribution in [0.2, 0.25) is 0 Å². The molecule has 25 heavy (non-hydrogen) atoms. The Kier molecular flexibility index (Phi) is 6.13. The van der Waals surface area contributed by atoms with Gasteiger partial charge in [0.25, 0.3) is 11.6 Å². The Bertz CT molecular complexity index is 822. The zero-order valence-electron chi connectivity index (χ0n) is 13.6. The fourth-order valence-electron chi connectivity index (χ4n) is 2.05. The molecule has 0 saturated heterocycles. The van der Waals surface area contributed by atoms with Gasteiger partial charge in [0.2, 0.25) is 0 Å². The van der Waals surface area contributed by atoms with Crippen LogP contribution in [-0.2, 0) is 16.1 Å². The van der Waals surface area contributed by atoms with Crippen LogP contribution in [0.1, 0.15) is 22.8 Å². The molecular formula is C17H16N2O5S. The minimum atomic E-state index is -0.546. The van der Waals surface area contributed by atoms with Crippen molar-refractivity contribution in [2.45, 2.75) is 23.3 Å². The van der Waals surface area contributed by atoms with Gasteiger partial charge in [0, 0.05) is 41.5 Å². The largest absolute Gasteiger partial charge is 0.461 e. The van der Waals surface area contributed by atoms with Crippen LogP contribution in [0.4, 0.5) is 5.69 Å². The minimum absolute atomic E-state index is 0.112. The SMILES string of the molecule is CNC(=O)c1cc([N+](=O)[O-])ccc1Sc1ccccc1COC(C)=O. The van der Waals surface area contributed by atoms with Gasteiger partial charge in [0.05, 0.1) is 10.5 Å². The highest BCUT2D eigenvalue weighted by molar-refractivity contribution is 7.99. The zero-order valence-corrected chi connectivity index (χ0v) is 14.5. The van der Waals surface area contributed by atoms with Gasteiger partial charge in [0.1, 0.15) is 6.61 Å². The minimum Gasteiger partial charge on any atom is -0.461 e. The molecule has 0 aliphatic heterocycles. The first-order valence-corrected chi connectivity index (χ1v) is 8.13. The molecule has 0 aromatic heterocycles. The van der Waals surface area contributed by atoms with Gasteiger partial charge in [0.15, 0.2) is 0 Å². The van der Waals surface area contributed by atoms with Crippen molar-refractivity contribution < 1.29 is 19.2 Å². The van der Waals surface area contributed by atoms with Gasteiger partial charge in [-0.1, -0.05) is 30.0 Å². The van der Waals surface area contributed by atoms with Crippen molar-refractivity contribution in [3.8, 4) is 0 Å². The summed E-state index contributed by atoms with van der Waals surface area (Å²) in [5.41, 5.74) is 0.837. The fourth-order valence-corrected chi connectivity index (χ4v) is 3.09. The number of amides is 1. The molecule has 8 heteroatoms. The smallest absolute Gasteiger partial charge is 0.302 e. The number of carbonyl (C=O) groups excluding carboxylic acids is 2. The van der Waals surface area contributed by atoms with Crippen molar-refractivity contribution in [2.75, 3.05) is 7.05 Å².